The van der Waals surface area contributed by atoms with Gasteiger partial charge < -0.3 is 4.98 Å². The number of hydrogen-bond acceptors (Lipinski definition) is 4. The number of carbonyl (C=O) groups is 1. The third-order valence-electron chi connectivity index (χ3n) is 5.30. The van der Waals surface area contributed by atoms with E-state index < -0.39 is 0 Å². The number of nitrogens with one attached hydrogen (secondary N) is 1. The first-order chi connectivity index (χ1) is 15.8. The molecular weight excluding hydrogens is 416 g/mol. The molecule has 1 aliphatic rings. The minimum atomic E-state index is -0.000123. The Morgan fingerprint density at radius 3 is 2.59 bits per heavy atom. The molecular formula is C26H22N4OS. The summed E-state index contributed by atoms with van der Waals surface area (Å²) in [7, 11) is 0. The molecule has 158 valence electrons. The molecule has 0 atom stereocenters. The highest BCUT2D eigenvalue weighted by Gasteiger charge is 2.33. The fourth-order valence-electron chi connectivity index (χ4n) is 3.68. The van der Waals surface area contributed by atoms with Crippen molar-refractivity contribution in [2.75, 3.05) is 6.54 Å². The van der Waals surface area contributed by atoms with Crippen molar-refractivity contribution in [3.63, 3.8) is 0 Å². The molecule has 1 aliphatic heterocycles. The lowest BCUT2D eigenvalue weighted by Crippen LogP contribution is -2.30. The van der Waals surface area contributed by atoms with Gasteiger partial charge in [0.2, 0.25) is 0 Å². The number of aliphatic imine (C=N–C) groups is 1. The third-order valence-corrected chi connectivity index (χ3v) is 6.31. The number of benzene rings is 3. The standard InChI is InChI=1S/C26H22N4OS/c31-25-24(17-20-13-14-22-23(16-20)28-18-27-22)32-26(29-21-11-5-2-6-12-21)30(25)15-7-10-19-8-3-1-4-9-19/h1-6,8-9,11-14,16-18H,7,10,15H2,(H,27,28)/b24-17-,29-26-. The van der Waals surface area contributed by atoms with Gasteiger partial charge in [-0.25, -0.2) is 9.98 Å². The predicted octanol–water partition coefficient (Wildman–Crippen LogP) is 5.80. The number of hydrogen-bond donors (Lipinski definition) is 1. The van der Waals surface area contributed by atoms with Gasteiger partial charge in [0.05, 0.1) is 28.0 Å². The average molecular weight is 439 g/mol. The number of rotatable bonds is 6. The molecule has 3 aromatic carbocycles. The van der Waals surface area contributed by atoms with E-state index >= 15 is 0 Å². The van der Waals surface area contributed by atoms with Crippen molar-refractivity contribution in [2.24, 2.45) is 4.99 Å². The third kappa shape index (κ3) is 4.50. The largest absolute Gasteiger partial charge is 0.345 e. The number of amides is 1. The van der Waals surface area contributed by atoms with Gasteiger partial charge in [-0.2, -0.15) is 0 Å². The van der Waals surface area contributed by atoms with Crippen molar-refractivity contribution in [1.29, 1.82) is 0 Å². The van der Waals surface area contributed by atoms with Crippen molar-refractivity contribution in [1.82, 2.24) is 14.9 Å². The second-order valence-electron chi connectivity index (χ2n) is 7.57. The van der Waals surface area contributed by atoms with E-state index in [1.165, 1.54) is 17.3 Å². The molecule has 0 radical (unpaired) electrons. The van der Waals surface area contributed by atoms with Gasteiger partial charge in [0, 0.05) is 6.54 Å². The van der Waals surface area contributed by atoms with Crippen LogP contribution in [0.5, 0.6) is 0 Å². The highest BCUT2D eigenvalue weighted by Crippen LogP contribution is 2.34. The lowest BCUT2D eigenvalue weighted by atomic mass is 10.1. The first-order valence-corrected chi connectivity index (χ1v) is 11.4. The minimum absolute atomic E-state index is 0.000123. The van der Waals surface area contributed by atoms with Crippen LogP contribution in [0, 0.1) is 0 Å². The number of carbonyl (C=O) groups excluding carboxylic acids is 1. The smallest absolute Gasteiger partial charge is 0.266 e. The molecule has 0 aliphatic carbocycles. The molecule has 0 spiro atoms. The molecule has 1 fully saturated rings. The highest BCUT2D eigenvalue weighted by molar-refractivity contribution is 8.18. The summed E-state index contributed by atoms with van der Waals surface area (Å²) in [6, 6.07) is 26.1. The van der Waals surface area contributed by atoms with Gasteiger partial charge in [-0.3, -0.25) is 9.69 Å². The molecule has 4 aromatic rings. The molecule has 1 amide bonds. The predicted molar refractivity (Wildman–Crippen MR) is 132 cm³/mol. The zero-order valence-electron chi connectivity index (χ0n) is 17.4. The normalized spacial score (nSPS) is 16.5. The van der Waals surface area contributed by atoms with Crippen molar-refractivity contribution >= 4 is 45.6 Å². The van der Waals surface area contributed by atoms with Gasteiger partial charge in [-0.05, 0) is 66.1 Å². The van der Waals surface area contributed by atoms with E-state index in [4.69, 9.17) is 4.99 Å². The lowest BCUT2D eigenvalue weighted by Gasteiger charge is -2.15. The highest BCUT2D eigenvalue weighted by atomic mass is 32.2. The van der Waals surface area contributed by atoms with Crippen molar-refractivity contribution in [2.45, 2.75) is 12.8 Å². The van der Waals surface area contributed by atoms with E-state index in [1.807, 2.05) is 72.8 Å². The summed E-state index contributed by atoms with van der Waals surface area (Å²) in [6.07, 6.45) is 5.40. The van der Waals surface area contributed by atoms with Crippen LogP contribution in [0.3, 0.4) is 0 Å². The van der Waals surface area contributed by atoms with Gasteiger partial charge in [-0.15, -0.1) is 0 Å². The number of fused-ring (bicyclic) bond motifs is 1. The minimum Gasteiger partial charge on any atom is -0.345 e. The summed E-state index contributed by atoms with van der Waals surface area (Å²) >= 11 is 1.43. The lowest BCUT2D eigenvalue weighted by molar-refractivity contribution is -0.122. The first-order valence-electron chi connectivity index (χ1n) is 10.6. The van der Waals surface area contributed by atoms with E-state index in [9.17, 15) is 4.79 Å². The Kier molecular flexibility index (Phi) is 5.85. The summed E-state index contributed by atoms with van der Waals surface area (Å²) in [6.45, 7) is 0.627. The summed E-state index contributed by atoms with van der Waals surface area (Å²) in [5, 5.41) is 0.723. The summed E-state index contributed by atoms with van der Waals surface area (Å²) in [4.78, 5) is 28.0. The monoisotopic (exact) mass is 438 g/mol. The van der Waals surface area contributed by atoms with Crippen LogP contribution >= 0.6 is 11.8 Å². The van der Waals surface area contributed by atoms with Crippen LogP contribution in [-0.4, -0.2) is 32.5 Å². The zero-order chi connectivity index (χ0) is 21.8. The van der Waals surface area contributed by atoms with E-state index in [2.05, 4.69) is 22.1 Å². The maximum absolute atomic E-state index is 13.3. The van der Waals surface area contributed by atoms with Crippen LogP contribution in [-0.2, 0) is 11.2 Å². The number of nitrogens with zero attached hydrogens (tertiary/aromatic N) is 3. The molecule has 1 aromatic heterocycles. The number of para-hydroxylation sites is 1. The number of amidine groups is 1. The van der Waals surface area contributed by atoms with Gasteiger partial charge in [0.1, 0.15) is 0 Å². The van der Waals surface area contributed by atoms with E-state index in [0.717, 1.165) is 40.3 Å². The Morgan fingerprint density at radius 1 is 1.00 bits per heavy atom. The molecule has 1 saturated heterocycles. The summed E-state index contributed by atoms with van der Waals surface area (Å²) in [5.74, 6) is -0.000123. The fraction of sp³-hybridized carbons (Fsp3) is 0.115. The molecule has 1 N–H and O–H groups in total. The van der Waals surface area contributed by atoms with Gasteiger partial charge in [0.15, 0.2) is 5.17 Å². The van der Waals surface area contributed by atoms with E-state index in [0.29, 0.717) is 11.4 Å². The Morgan fingerprint density at radius 2 is 1.78 bits per heavy atom. The van der Waals surface area contributed by atoms with Crippen molar-refractivity contribution in [3.8, 4) is 0 Å². The Hall–Kier alpha value is -3.64. The topological polar surface area (TPSA) is 61.4 Å². The van der Waals surface area contributed by atoms with Crippen LogP contribution in [0.25, 0.3) is 17.1 Å². The van der Waals surface area contributed by atoms with Gasteiger partial charge in [-0.1, -0.05) is 54.6 Å². The van der Waals surface area contributed by atoms with Crippen LogP contribution in [0.2, 0.25) is 0 Å². The molecule has 6 heteroatoms. The number of imidazole rings is 1. The van der Waals surface area contributed by atoms with Crippen LogP contribution < -0.4 is 0 Å². The van der Waals surface area contributed by atoms with Crippen molar-refractivity contribution < 1.29 is 4.79 Å². The molecule has 5 nitrogen and oxygen atoms in total. The Bertz CT molecular complexity index is 1300. The average Bonchev–Trinajstić information content (AvgIpc) is 3.40. The second kappa shape index (κ2) is 9.24. The maximum atomic E-state index is 13.3. The Labute approximate surface area is 190 Å². The molecule has 0 bridgehead atoms. The number of aromatic nitrogens is 2. The van der Waals surface area contributed by atoms with Crippen molar-refractivity contribution in [3.05, 3.63) is 101 Å². The van der Waals surface area contributed by atoms with Crippen LogP contribution in [0.1, 0.15) is 17.5 Å². The fourth-order valence-corrected chi connectivity index (χ4v) is 4.70. The van der Waals surface area contributed by atoms with Gasteiger partial charge in [0.25, 0.3) is 5.91 Å². The van der Waals surface area contributed by atoms with Gasteiger partial charge >= 0.3 is 0 Å². The molecule has 2 heterocycles. The molecule has 0 unspecified atom stereocenters. The van der Waals surface area contributed by atoms with Crippen LogP contribution in [0.4, 0.5) is 5.69 Å². The summed E-state index contributed by atoms with van der Waals surface area (Å²) < 4.78 is 0. The maximum Gasteiger partial charge on any atom is 0.266 e. The number of H-pyrrole nitrogens is 1. The number of aromatic amines is 1. The zero-order valence-corrected chi connectivity index (χ0v) is 18.3. The van der Waals surface area contributed by atoms with E-state index in [1.54, 1.807) is 11.2 Å². The number of aryl methyl sites for hydroxylation is 1. The SMILES string of the molecule is O=C1/C(=C/c2ccc3[nH]cnc3c2)S/C(=N\c2ccccc2)N1CCCc1ccccc1. The Balaban J connectivity index is 1.40. The van der Waals surface area contributed by atoms with Crippen LogP contribution in [0.15, 0.2) is 95.1 Å². The second-order valence-corrected chi connectivity index (χ2v) is 8.57. The first kappa shape index (κ1) is 20.3. The number of thioether (sulfide) groups is 1. The molecule has 0 saturated carbocycles. The molecule has 32 heavy (non-hydrogen) atoms. The molecule has 5 rings (SSSR count). The quantitative estimate of drug-likeness (QED) is 0.387. The van der Waals surface area contributed by atoms with E-state index in [-0.39, 0.29) is 5.91 Å². The summed E-state index contributed by atoms with van der Waals surface area (Å²) in [5.41, 5.74) is 4.93.